The first-order valence-corrected chi connectivity index (χ1v) is 6.01. The van der Waals surface area contributed by atoms with Crippen LogP contribution in [0.1, 0.15) is 0 Å². The molecule has 1 heterocycles. The summed E-state index contributed by atoms with van der Waals surface area (Å²) in [6, 6.07) is 4.92. The number of benzene rings is 1. The summed E-state index contributed by atoms with van der Waals surface area (Å²) in [7, 11) is 0. The maximum Gasteiger partial charge on any atom is 0.138 e. The van der Waals surface area contributed by atoms with Gasteiger partial charge in [-0.3, -0.25) is 0 Å². The van der Waals surface area contributed by atoms with Crippen molar-refractivity contribution in [2.75, 3.05) is 6.61 Å². The van der Waals surface area contributed by atoms with E-state index < -0.39 is 6.10 Å². The van der Waals surface area contributed by atoms with Crippen molar-refractivity contribution in [2.45, 2.75) is 12.6 Å². The summed E-state index contributed by atoms with van der Waals surface area (Å²) in [4.78, 5) is 0. The van der Waals surface area contributed by atoms with E-state index in [2.05, 4.69) is 10.3 Å². The third-order valence-electron chi connectivity index (χ3n) is 2.19. The van der Waals surface area contributed by atoms with Crippen LogP contribution in [0.5, 0.6) is 5.75 Å². The Morgan fingerprint density at radius 3 is 2.89 bits per heavy atom. The quantitative estimate of drug-likeness (QED) is 0.914. The highest BCUT2D eigenvalue weighted by atomic mass is 35.5. The second-order valence-electron chi connectivity index (χ2n) is 3.66. The minimum Gasteiger partial charge on any atom is -0.489 e. The first-order chi connectivity index (χ1) is 8.65. The van der Waals surface area contributed by atoms with Crippen LogP contribution >= 0.6 is 23.2 Å². The van der Waals surface area contributed by atoms with Crippen molar-refractivity contribution in [3.05, 3.63) is 40.6 Å². The molecule has 0 spiro atoms. The molecule has 5 nitrogen and oxygen atoms in total. The molecule has 1 aromatic heterocycles. The largest absolute Gasteiger partial charge is 0.489 e. The van der Waals surface area contributed by atoms with Crippen LogP contribution in [0.2, 0.25) is 10.0 Å². The molecule has 2 rings (SSSR count). The lowest BCUT2D eigenvalue weighted by Crippen LogP contribution is -2.24. The van der Waals surface area contributed by atoms with E-state index in [1.54, 1.807) is 30.6 Å². The smallest absolute Gasteiger partial charge is 0.138 e. The zero-order chi connectivity index (χ0) is 13.0. The average Bonchev–Trinajstić information content (AvgIpc) is 2.80. The lowest BCUT2D eigenvalue weighted by molar-refractivity contribution is 0.0889. The number of halogens is 2. The molecule has 1 aromatic carbocycles. The Morgan fingerprint density at radius 1 is 1.39 bits per heavy atom. The lowest BCUT2D eigenvalue weighted by Gasteiger charge is -2.13. The van der Waals surface area contributed by atoms with Crippen molar-refractivity contribution in [2.24, 2.45) is 0 Å². The van der Waals surface area contributed by atoms with Gasteiger partial charge in [-0.15, -0.1) is 5.10 Å². The summed E-state index contributed by atoms with van der Waals surface area (Å²) < 4.78 is 6.93. The maximum absolute atomic E-state index is 9.75. The molecule has 18 heavy (non-hydrogen) atoms. The van der Waals surface area contributed by atoms with Crippen LogP contribution in [-0.4, -0.2) is 32.8 Å². The molecule has 0 amide bonds. The van der Waals surface area contributed by atoms with E-state index in [9.17, 15) is 5.11 Å². The summed E-state index contributed by atoms with van der Waals surface area (Å²) in [5, 5.41) is 18.1. The number of rotatable bonds is 5. The molecule has 0 aliphatic carbocycles. The molecule has 1 N–H and O–H groups in total. The Balaban J connectivity index is 1.87. The molecule has 96 valence electrons. The molecular weight excluding hydrogens is 277 g/mol. The van der Waals surface area contributed by atoms with Crippen LogP contribution in [-0.2, 0) is 6.54 Å². The van der Waals surface area contributed by atoms with Crippen LogP contribution < -0.4 is 4.74 Å². The van der Waals surface area contributed by atoms with Crippen LogP contribution in [0.15, 0.2) is 30.6 Å². The predicted octanol–water partition coefficient (Wildman–Crippen LogP) is 2.02. The second-order valence-corrected chi connectivity index (χ2v) is 4.51. The van der Waals surface area contributed by atoms with E-state index in [0.29, 0.717) is 22.3 Å². The number of nitrogens with zero attached hydrogens (tertiary/aromatic N) is 3. The fourth-order valence-corrected chi connectivity index (χ4v) is 1.84. The van der Waals surface area contributed by atoms with Gasteiger partial charge in [0.1, 0.15) is 18.5 Å². The van der Waals surface area contributed by atoms with Gasteiger partial charge in [-0.05, 0) is 18.2 Å². The normalized spacial score (nSPS) is 12.4. The minimum atomic E-state index is -0.696. The Labute approximate surface area is 114 Å². The number of hydrogen-bond acceptors (Lipinski definition) is 4. The Kier molecular flexibility index (Phi) is 4.41. The van der Waals surface area contributed by atoms with Crippen molar-refractivity contribution in [3.63, 3.8) is 0 Å². The molecule has 2 aromatic rings. The van der Waals surface area contributed by atoms with Crippen molar-refractivity contribution in [1.29, 1.82) is 0 Å². The highest BCUT2D eigenvalue weighted by Gasteiger charge is 2.09. The van der Waals surface area contributed by atoms with Gasteiger partial charge in [0.15, 0.2) is 0 Å². The first kappa shape index (κ1) is 13.1. The van der Waals surface area contributed by atoms with Gasteiger partial charge in [0.2, 0.25) is 0 Å². The molecule has 0 radical (unpaired) electrons. The standard InChI is InChI=1S/C11H11Cl2N3O2/c12-8-1-2-11(10(13)5-8)18-7-9(17)6-16-4-3-14-15-16/h1-5,9,17H,6-7H2/t9-/m1/s1. The summed E-state index contributed by atoms with van der Waals surface area (Å²) in [6.45, 7) is 0.423. The van der Waals surface area contributed by atoms with Crippen LogP contribution in [0.4, 0.5) is 0 Å². The van der Waals surface area contributed by atoms with Crippen LogP contribution in [0.25, 0.3) is 0 Å². The van der Waals surface area contributed by atoms with Gasteiger partial charge in [0, 0.05) is 11.2 Å². The summed E-state index contributed by atoms with van der Waals surface area (Å²) in [5.74, 6) is 0.485. The second kappa shape index (κ2) is 6.04. The third-order valence-corrected chi connectivity index (χ3v) is 2.73. The van der Waals surface area contributed by atoms with Crippen molar-refractivity contribution >= 4 is 23.2 Å². The summed E-state index contributed by atoms with van der Waals surface area (Å²) in [5.41, 5.74) is 0. The molecule has 0 aliphatic heterocycles. The highest BCUT2D eigenvalue weighted by molar-refractivity contribution is 6.35. The van der Waals surface area contributed by atoms with Gasteiger partial charge in [-0.25, -0.2) is 4.68 Å². The molecule has 0 saturated carbocycles. The number of hydrogen-bond donors (Lipinski definition) is 1. The van der Waals surface area contributed by atoms with Gasteiger partial charge in [-0.1, -0.05) is 28.4 Å². The van der Waals surface area contributed by atoms with Gasteiger partial charge < -0.3 is 9.84 Å². The maximum atomic E-state index is 9.75. The SMILES string of the molecule is O[C@@H](COc1ccc(Cl)cc1Cl)Cn1ccnn1. The molecule has 0 unspecified atom stereocenters. The molecular formula is C11H11Cl2N3O2. The Morgan fingerprint density at radius 2 is 2.22 bits per heavy atom. The van der Waals surface area contributed by atoms with Gasteiger partial charge >= 0.3 is 0 Å². The lowest BCUT2D eigenvalue weighted by atomic mass is 10.3. The Bertz CT molecular complexity index is 505. The fraction of sp³-hybridized carbons (Fsp3) is 0.273. The molecule has 0 fully saturated rings. The van der Waals surface area contributed by atoms with Gasteiger partial charge in [0.05, 0.1) is 17.8 Å². The highest BCUT2D eigenvalue weighted by Crippen LogP contribution is 2.27. The van der Waals surface area contributed by atoms with Crippen LogP contribution in [0, 0.1) is 0 Å². The van der Waals surface area contributed by atoms with E-state index in [1.807, 2.05) is 0 Å². The van der Waals surface area contributed by atoms with Gasteiger partial charge in [0.25, 0.3) is 0 Å². The monoisotopic (exact) mass is 287 g/mol. The van der Waals surface area contributed by atoms with E-state index in [1.165, 1.54) is 4.68 Å². The summed E-state index contributed by atoms with van der Waals surface area (Å²) >= 11 is 11.7. The molecule has 0 bridgehead atoms. The molecule has 1 atom stereocenters. The molecule has 7 heteroatoms. The van der Waals surface area contributed by atoms with Crippen molar-refractivity contribution in [3.8, 4) is 5.75 Å². The fourth-order valence-electron chi connectivity index (χ4n) is 1.38. The zero-order valence-corrected chi connectivity index (χ0v) is 10.8. The van der Waals surface area contributed by atoms with E-state index in [0.717, 1.165) is 0 Å². The molecule has 0 aliphatic rings. The predicted molar refractivity (Wildman–Crippen MR) is 68.0 cm³/mol. The number of aliphatic hydroxyl groups is 1. The van der Waals surface area contributed by atoms with E-state index in [-0.39, 0.29) is 6.61 Å². The van der Waals surface area contributed by atoms with Crippen LogP contribution in [0.3, 0.4) is 0 Å². The van der Waals surface area contributed by atoms with E-state index in [4.69, 9.17) is 27.9 Å². The van der Waals surface area contributed by atoms with E-state index >= 15 is 0 Å². The number of aliphatic hydroxyl groups excluding tert-OH is 1. The number of aromatic nitrogens is 3. The van der Waals surface area contributed by atoms with Gasteiger partial charge in [-0.2, -0.15) is 0 Å². The first-order valence-electron chi connectivity index (χ1n) is 5.25. The molecule has 0 saturated heterocycles. The Hall–Kier alpha value is -1.30. The third kappa shape index (κ3) is 3.60. The summed E-state index contributed by atoms with van der Waals surface area (Å²) in [6.07, 6.45) is 2.51. The average molecular weight is 288 g/mol. The minimum absolute atomic E-state index is 0.112. The van der Waals surface area contributed by atoms with Crippen molar-refractivity contribution in [1.82, 2.24) is 15.0 Å². The topological polar surface area (TPSA) is 60.2 Å². The zero-order valence-electron chi connectivity index (χ0n) is 9.33. The van der Waals surface area contributed by atoms with Crippen molar-refractivity contribution < 1.29 is 9.84 Å². The number of ether oxygens (including phenoxy) is 1.